The highest BCUT2D eigenvalue weighted by molar-refractivity contribution is 7.99. The molecule has 1 rings (SSSR count). The van der Waals surface area contributed by atoms with Crippen LogP contribution in [0, 0.1) is 5.92 Å². The molecule has 1 aliphatic carbocycles. The summed E-state index contributed by atoms with van der Waals surface area (Å²) in [5.41, 5.74) is 4.49. The van der Waals surface area contributed by atoms with Gasteiger partial charge in [0.05, 0.1) is 0 Å². The first-order chi connectivity index (χ1) is 5.52. The highest BCUT2D eigenvalue weighted by Gasteiger charge is 2.29. The molecule has 13 heavy (non-hydrogen) atoms. The van der Waals surface area contributed by atoms with E-state index < -0.39 is 11.5 Å². The van der Waals surface area contributed by atoms with E-state index in [4.69, 9.17) is 10.8 Å². The van der Waals surface area contributed by atoms with Crippen molar-refractivity contribution in [2.45, 2.75) is 25.3 Å². The Kier molecular flexibility index (Phi) is 5.10. The number of halogens is 1. The van der Waals surface area contributed by atoms with Gasteiger partial charge in [-0.05, 0) is 31.4 Å². The summed E-state index contributed by atoms with van der Waals surface area (Å²) in [5.74, 6) is 1.50. The van der Waals surface area contributed by atoms with Gasteiger partial charge in [0.25, 0.3) is 0 Å². The summed E-state index contributed by atoms with van der Waals surface area (Å²) in [6, 6.07) is 0. The molecular weight excluding hydrogens is 210 g/mol. The predicted molar refractivity (Wildman–Crippen MR) is 57.5 cm³/mol. The maximum Gasteiger partial charge on any atom is 0.324 e. The highest BCUT2D eigenvalue weighted by atomic mass is 35.5. The fourth-order valence-electron chi connectivity index (χ4n) is 0.784. The van der Waals surface area contributed by atoms with Crippen molar-refractivity contribution < 1.29 is 9.90 Å². The Morgan fingerprint density at radius 3 is 2.62 bits per heavy atom. The van der Waals surface area contributed by atoms with Gasteiger partial charge in [-0.2, -0.15) is 11.8 Å². The smallest absolute Gasteiger partial charge is 0.324 e. The number of rotatable bonds is 5. The minimum Gasteiger partial charge on any atom is -0.480 e. The molecule has 1 saturated carbocycles. The van der Waals surface area contributed by atoms with Crippen LogP contribution in [0.2, 0.25) is 0 Å². The van der Waals surface area contributed by atoms with Crippen molar-refractivity contribution in [3.63, 3.8) is 0 Å². The molecule has 0 aromatic heterocycles. The van der Waals surface area contributed by atoms with E-state index in [2.05, 4.69) is 0 Å². The van der Waals surface area contributed by atoms with Gasteiger partial charge < -0.3 is 10.8 Å². The van der Waals surface area contributed by atoms with Crippen LogP contribution in [0.15, 0.2) is 0 Å². The van der Waals surface area contributed by atoms with Gasteiger partial charge in [0, 0.05) is 5.75 Å². The Hall–Kier alpha value is 0.0700. The van der Waals surface area contributed by atoms with Crippen molar-refractivity contribution in [2.75, 3.05) is 11.5 Å². The van der Waals surface area contributed by atoms with Gasteiger partial charge in [-0.15, -0.1) is 12.4 Å². The van der Waals surface area contributed by atoms with Crippen molar-refractivity contribution in [1.82, 2.24) is 0 Å². The summed E-state index contributed by atoms with van der Waals surface area (Å²) in [4.78, 5) is 10.6. The average molecular weight is 226 g/mol. The first-order valence-corrected chi connectivity index (χ1v) is 5.28. The third kappa shape index (κ3) is 4.74. The van der Waals surface area contributed by atoms with E-state index in [9.17, 15) is 4.79 Å². The number of hydrogen-bond acceptors (Lipinski definition) is 3. The SMILES string of the molecule is C[C@](N)(CSCC1CC1)C(=O)O.Cl. The van der Waals surface area contributed by atoms with E-state index in [1.54, 1.807) is 18.7 Å². The minimum atomic E-state index is -1.06. The molecule has 0 aromatic rings. The van der Waals surface area contributed by atoms with Crippen molar-refractivity contribution >= 4 is 30.1 Å². The molecule has 1 fully saturated rings. The lowest BCUT2D eigenvalue weighted by molar-refractivity contribution is -0.141. The van der Waals surface area contributed by atoms with Crippen molar-refractivity contribution in [3.8, 4) is 0 Å². The molecule has 0 bridgehead atoms. The standard InChI is InChI=1S/C8H15NO2S.ClH/c1-8(9,7(10)11)5-12-4-6-2-3-6;/h6H,2-5,9H2,1H3,(H,10,11);1H/t8-;/m0./s1. The molecule has 0 aliphatic heterocycles. The summed E-state index contributed by atoms with van der Waals surface area (Å²) < 4.78 is 0. The van der Waals surface area contributed by atoms with Gasteiger partial charge in [-0.3, -0.25) is 4.79 Å². The van der Waals surface area contributed by atoms with Crippen LogP contribution in [0.4, 0.5) is 0 Å². The molecular formula is C8H16ClNO2S. The first-order valence-electron chi connectivity index (χ1n) is 4.12. The summed E-state index contributed by atoms with van der Waals surface area (Å²) in [5, 5.41) is 8.68. The third-order valence-corrected chi connectivity index (χ3v) is 3.45. The Balaban J connectivity index is 0.00000144. The monoisotopic (exact) mass is 225 g/mol. The molecule has 0 aromatic carbocycles. The van der Waals surface area contributed by atoms with Crippen LogP contribution in [-0.2, 0) is 4.79 Å². The van der Waals surface area contributed by atoms with Crippen LogP contribution in [0.3, 0.4) is 0 Å². The van der Waals surface area contributed by atoms with Gasteiger partial charge in [0.15, 0.2) is 0 Å². The minimum absolute atomic E-state index is 0. The second-order valence-electron chi connectivity index (χ2n) is 3.68. The fraction of sp³-hybridized carbons (Fsp3) is 0.875. The zero-order chi connectivity index (χ0) is 9.19. The van der Waals surface area contributed by atoms with Crippen LogP contribution in [0.1, 0.15) is 19.8 Å². The van der Waals surface area contributed by atoms with Gasteiger partial charge in [-0.25, -0.2) is 0 Å². The normalized spacial score (nSPS) is 20.2. The van der Waals surface area contributed by atoms with Crippen LogP contribution in [0.5, 0.6) is 0 Å². The van der Waals surface area contributed by atoms with E-state index in [1.807, 2.05) is 0 Å². The molecule has 1 aliphatic rings. The average Bonchev–Trinajstić information content (AvgIpc) is 2.70. The Labute approximate surface area is 88.9 Å². The summed E-state index contributed by atoms with van der Waals surface area (Å²) in [7, 11) is 0. The topological polar surface area (TPSA) is 63.3 Å². The quantitative estimate of drug-likeness (QED) is 0.742. The largest absolute Gasteiger partial charge is 0.480 e. The maximum absolute atomic E-state index is 10.6. The summed E-state index contributed by atoms with van der Waals surface area (Å²) in [6.45, 7) is 1.56. The molecule has 0 spiro atoms. The number of thioether (sulfide) groups is 1. The Morgan fingerprint density at radius 2 is 2.23 bits per heavy atom. The molecule has 0 saturated heterocycles. The molecule has 0 amide bonds. The van der Waals surface area contributed by atoms with Crippen molar-refractivity contribution in [1.29, 1.82) is 0 Å². The first kappa shape index (κ1) is 13.1. The number of nitrogens with two attached hydrogens (primary N) is 1. The second-order valence-corrected chi connectivity index (χ2v) is 4.71. The van der Waals surface area contributed by atoms with Crippen LogP contribution in [0.25, 0.3) is 0 Å². The number of carboxylic acids is 1. The molecule has 0 radical (unpaired) electrons. The summed E-state index contributed by atoms with van der Waals surface area (Å²) >= 11 is 1.65. The zero-order valence-corrected chi connectivity index (χ0v) is 9.29. The Morgan fingerprint density at radius 1 is 1.69 bits per heavy atom. The lowest BCUT2D eigenvalue weighted by Gasteiger charge is -2.17. The van der Waals surface area contributed by atoms with Crippen molar-refractivity contribution in [2.24, 2.45) is 11.7 Å². The maximum atomic E-state index is 10.6. The highest BCUT2D eigenvalue weighted by Crippen LogP contribution is 2.32. The second kappa shape index (κ2) is 5.08. The van der Waals surface area contributed by atoms with Crippen LogP contribution in [-0.4, -0.2) is 28.1 Å². The van der Waals surface area contributed by atoms with Gasteiger partial charge in [0.1, 0.15) is 5.54 Å². The zero-order valence-electron chi connectivity index (χ0n) is 7.66. The van der Waals surface area contributed by atoms with Gasteiger partial charge in [0.2, 0.25) is 0 Å². The number of aliphatic carboxylic acids is 1. The molecule has 78 valence electrons. The van der Waals surface area contributed by atoms with E-state index in [0.29, 0.717) is 5.75 Å². The van der Waals surface area contributed by atoms with Crippen molar-refractivity contribution in [3.05, 3.63) is 0 Å². The number of hydrogen-bond donors (Lipinski definition) is 2. The number of carbonyl (C=O) groups is 1. The molecule has 0 heterocycles. The van der Waals surface area contributed by atoms with E-state index in [-0.39, 0.29) is 12.4 Å². The molecule has 3 N–H and O–H groups in total. The van der Waals surface area contributed by atoms with Gasteiger partial charge >= 0.3 is 5.97 Å². The molecule has 3 nitrogen and oxygen atoms in total. The fourth-order valence-corrected chi connectivity index (χ4v) is 2.12. The lowest BCUT2D eigenvalue weighted by atomic mass is 10.1. The predicted octanol–water partition coefficient (Wildman–Crippen LogP) is 1.35. The lowest BCUT2D eigenvalue weighted by Crippen LogP contribution is -2.47. The molecule has 1 atom stereocenters. The van der Waals surface area contributed by atoms with Gasteiger partial charge in [-0.1, -0.05) is 0 Å². The summed E-state index contributed by atoms with van der Waals surface area (Å²) in [6.07, 6.45) is 2.61. The van der Waals surface area contributed by atoms with E-state index in [1.165, 1.54) is 12.8 Å². The Bertz CT molecular complexity index is 183. The number of carboxylic acid groups (broad SMARTS) is 1. The molecule has 5 heteroatoms. The van der Waals surface area contributed by atoms with Crippen LogP contribution >= 0.6 is 24.2 Å². The van der Waals surface area contributed by atoms with E-state index in [0.717, 1.165) is 11.7 Å². The van der Waals surface area contributed by atoms with E-state index >= 15 is 0 Å². The molecule has 0 unspecified atom stereocenters. The van der Waals surface area contributed by atoms with Crippen LogP contribution < -0.4 is 5.73 Å². The third-order valence-electron chi connectivity index (χ3n) is 1.94.